The standard InChI is InChI=1S/C14H23BrN2O3S/c1-10(2)8-14(3,9-16)17-21(18,19)13-7-11(15)5-6-12(13)20-4/h5-7,10,17H,8-9,16H2,1-4H3. The third-order valence-electron chi connectivity index (χ3n) is 3.11. The van der Waals surface area contributed by atoms with E-state index in [9.17, 15) is 8.42 Å². The highest BCUT2D eigenvalue weighted by atomic mass is 79.9. The van der Waals surface area contributed by atoms with Crippen molar-refractivity contribution < 1.29 is 13.2 Å². The molecule has 0 aliphatic rings. The molecule has 0 saturated heterocycles. The summed E-state index contributed by atoms with van der Waals surface area (Å²) in [7, 11) is -2.28. The van der Waals surface area contributed by atoms with Gasteiger partial charge >= 0.3 is 0 Å². The highest BCUT2D eigenvalue weighted by Gasteiger charge is 2.31. The molecule has 0 aliphatic carbocycles. The number of rotatable bonds is 7. The monoisotopic (exact) mass is 378 g/mol. The third kappa shape index (κ3) is 4.95. The second kappa shape index (κ2) is 7.09. The first-order valence-corrected chi connectivity index (χ1v) is 8.99. The summed E-state index contributed by atoms with van der Waals surface area (Å²) in [6, 6.07) is 4.86. The molecule has 0 aliphatic heterocycles. The molecule has 0 amide bonds. The molecule has 0 spiro atoms. The van der Waals surface area contributed by atoms with Gasteiger partial charge in [0.1, 0.15) is 10.6 Å². The van der Waals surface area contributed by atoms with E-state index in [2.05, 4.69) is 20.7 Å². The van der Waals surface area contributed by atoms with Crippen LogP contribution in [0.25, 0.3) is 0 Å². The number of halogens is 1. The third-order valence-corrected chi connectivity index (χ3v) is 5.26. The smallest absolute Gasteiger partial charge is 0.244 e. The first-order valence-electron chi connectivity index (χ1n) is 6.71. The lowest BCUT2D eigenvalue weighted by Crippen LogP contribution is -2.52. The van der Waals surface area contributed by atoms with E-state index < -0.39 is 15.6 Å². The van der Waals surface area contributed by atoms with Crippen molar-refractivity contribution in [2.45, 2.75) is 37.6 Å². The summed E-state index contributed by atoms with van der Waals surface area (Å²) in [6.07, 6.45) is 0.652. The van der Waals surface area contributed by atoms with E-state index in [1.807, 2.05) is 20.8 Å². The zero-order chi connectivity index (χ0) is 16.3. The van der Waals surface area contributed by atoms with Gasteiger partial charge in [-0.25, -0.2) is 13.1 Å². The van der Waals surface area contributed by atoms with Crippen molar-refractivity contribution >= 4 is 26.0 Å². The summed E-state index contributed by atoms with van der Waals surface area (Å²) in [5, 5.41) is 0. The Hall–Kier alpha value is -0.630. The Labute approximate surface area is 135 Å². The molecule has 1 aromatic carbocycles. The predicted molar refractivity (Wildman–Crippen MR) is 87.9 cm³/mol. The van der Waals surface area contributed by atoms with E-state index in [-0.39, 0.29) is 11.4 Å². The Morgan fingerprint density at radius 2 is 2.05 bits per heavy atom. The zero-order valence-corrected chi connectivity index (χ0v) is 15.2. The lowest BCUT2D eigenvalue weighted by molar-refractivity contribution is 0.343. The fourth-order valence-corrected chi connectivity index (χ4v) is 4.44. The van der Waals surface area contributed by atoms with Crippen molar-refractivity contribution in [3.8, 4) is 5.75 Å². The van der Waals surface area contributed by atoms with Crippen molar-refractivity contribution in [1.82, 2.24) is 4.72 Å². The van der Waals surface area contributed by atoms with E-state index in [1.165, 1.54) is 13.2 Å². The van der Waals surface area contributed by atoms with E-state index in [1.54, 1.807) is 12.1 Å². The van der Waals surface area contributed by atoms with Gasteiger partial charge in [-0.1, -0.05) is 29.8 Å². The molecule has 5 nitrogen and oxygen atoms in total. The Morgan fingerprint density at radius 1 is 1.43 bits per heavy atom. The van der Waals surface area contributed by atoms with Crippen LogP contribution in [0.15, 0.2) is 27.6 Å². The minimum atomic E-state index is -3.73. The number of hydrogen-bond acceptors (Lipinski definition) is 4. The maximum absolute atomic E-state index is 12.7. The van der Waals surface area contributed by atoms with Gasteiger partial charge in [0.25, 0.3) is 0 Å². The first-order chi connectivity index (χ1) is 9.63. The summed E-state index contributed by atoms with van der Waals surface area (Å²) < 4.78 is 33.8. The van der Waals surface area contributed by atoms with E-state index in [0.717, 1.165) is 0 Å². The minimum Gasteiger partial charge on any atom is -0.495 e. The van der Waals surface area contributed by atoms with Crippen molar-refractivity contribution in [3.63, 3.8) is 0 Å². The van der Waals surface area contributed by atoms with Crippen LogP contribution in [0.3, 0.4) is 0 Å². The van der Waals surface area contributed by atoms with Crippen LogP contribution in [0.4, 0.5) is 0 Å². The van der Waals surface area contributed by atoms with Crippen LogP contribution in [0.5, 0.6) is 5.75 Å². The molecule has 1 rings (SSSR count). The first kappa shape index (κ1) is 18.4. The Balaban J connectivity index is 3.19. The number of sulfonamides is 1. The molecule has 0 fully saturated rings. The summed E-state index contributed by atoms with van der Waals surface area (Å²) in [5.74, 6) is 0.625. The fraction of sp³-hybridized carbons (Fsp3) is 0.571. The van der Waals surface area contributed by atoms with Gasteiger partial charge in [0.2, 0.25) is 10.0 Å². The quantitative estimate of drug-likeness (QED) is 0.763. The number of ether oxygens (including phenoxy) is 1. The molecule has 0 saturated carbocycles. The zero-order valence-electron chi connectivity index (χ0n) is 12.8. The van der Waals surface area contributed by atoms with Crippen molar-refractivity contribution in [1.29, 1.82) is 0 Å². The highest BCUT2D eigenvalue weighted by Crippen LogP contribution is 2.29. The van der Waals surface area contributed by atoms with Crippen molar-refractivity contribution in [2.24, 2.45) is 11.7 Å². The van der Waals surface area contributed by atoms with Crippen LogP contribution in [-0.2, 0) is 10.0 Å². The summed E-state index contributed by atoms with van der Waals surface area (Å²) >= 11 is 3.28. The Kier molecular flexibility index (Phi) is 6.22. The van der Waals surface area contributed by atoms with Gasteiger partial charge < -0.3 is 10.5 Å². The van der Waals surface area contributed by atoms with Gasteiger partial charge in [-0.05, 0) is 37.5 Å². The maximum atomic E-state index is 12.7. The molecule has 0 radical (unpaired) electrons. The number of nitrogens with one attached hydrogen (secondary N) is 1. The van der Waals surface area contributed by atoms with Crippen LogP contribution < -0.4 is 15.2 Å². The molecule has 0 aromatic heterocycles. The molecular formula is C14H23BrN2O3S. The van der Waals surface area contributed by atoms with E-state index in [4.69, 9.17) is 10.5 Å². The van der Waals surface area contributed by atoms with Gasteiger partial charge in [0.05, 0.1) is 7.11 Å². The number of hydrogen-bond donors (Lipinski definition) is 2. The van der Waals surface area contributed by atoms with Crippen LogP contribution in [0.1, 0.15) is 27.2 Å². The molecule has 0 bridgehead atoms. The van der Waals surface area contributed by atoms with Gasteiger partial charge in [-0.15, -0.1) is 0 Å². The molecule has 1 aromatic rings. The second-order valence-corrected chi connectivity index (χ2v) is 8.33. The number of methoxy groups -OCH3 is 1. The summed E-state index contributed by atoms with van der Waals surface area (Å²) in [6.45, 7) is 6.10. The average molecular weight is 379 g/mol. The fourth-order valence-electron chi connectivity index (χ4n) is 2.31. The van der Waals surface area contributed by atoms with Crippen molar-refractivity contribution in [3.05, 3.63) is 22.7 Å². The normalized spacial score (nSPS) is 15.0. The molecule has 3 N–H and O–H groups in total. The molecule has 1 unspecified atom stereocenters. The molecule has 7 heteroatoms. The second-order valence-electron chi connectivity index (χ2n) is 5.76. The largest absolute Gasteiger partial charge is 0.495 e. The molecular weight excluding hydrogens is 356 g/mol. The SMILES string of the molecule is COc1ccc(Br)cc1S(=O)(=O)NC(C)(CN)CC(C)C. The molecule has 0 heterocycles. The molecule has 21 heavy (non-hydrogen) atoms. The van der Waals surface area contributed by atoms with Crippen LogP contribution >= 0.6 is 15.9 Å². The van der Waals surface area contributed by atoms with Crippen LogP contribution in [0.2, 0.25) is 0 Å². The number of nitrogens with two attached hydrogens (primary N) is 1. The Bertz CT molecular complexity index is 590. The van der Waals surface area contributed by atoms with Crippen molar-refractivity contribution in [2.75, 3.05) is 13.7 Å². The Morgan fingerprint density at radius 3 is 2.52 bits per heavy atom. The summed E-state index contributed by atoms with van der Waals surface area (Å²) in [5.41, 5.74) is 5.08. The molecule has 120 valence electrons. The number of benzene rings is 1. The van der Waals surface area contributed by atoms with Gasteiger partial charge in [0.15, 0.2) is 0 Å². The van der Waals surface area contributed by atoms with Gasteiger partial charge in [-0.3, -0.25) is 0 Å². The summed E-state index contributed by atoms with van der Waals surface area (Å²) in [4.78, 5) is 0.0998. The van der Waals surface area contributed by atoms with Gasteiger partial charge in [0, 0.05) is 16.6 Å². The van der Waals surface area contributed by atoms with E-state index in [0.29, 0.717) is 22.6 Å². The van der Waals surface area contributed by atoms with Gasteiger partial charge in [-0.2, -0.15) is 0 Å². The van der Waals surface area contributed by atoms with Crippen LogP contribution in [-0.4, -0.2) is 27.6 Å². The maximum Gasteiger partial charge on any atom is 0.244 e. The minimum absolute atomic E-state index is 0.0998. The highest BCUT2D eigenvalue weighted by molar-refractivity contribution is 9.10. The topological polar surface area (TPSA) is 81.4 Å². The van der Waals surface area contributed by atoms with E-state index >= 15 is 0 Å². The lowest BCUT2D eigenvalue weighted by atomic mass is 9.92. The predicted octanol–water partition coefficient (Wildman–Crippen LogP) is 2.50. The lowest BCUT2D eigenvalue weighted by Gasteiger charge is -2.31. The average Bonchev–Trinajstić information content (AvgIpc) is 2.37. The molecule has 1 atom stereocenters. The van der Waals surface area contributed by atoms with Crippen LogP contribution in [0, 0.1) is 5.92 Å².